The molecule has 0 aliphatic carbocycles. The van der Waals surface area contributed by atoms with E-state index in [2.05, 4.69) is 12.2 Å². The van der Waals surface area contributed by atoms with E-state index in [1.165, 1.54) is 4.88 Å². The SMILES string of the molecule is CCCc1sccc1CC(NC(=O)OC(C)(C)C)C(=O)O. The molecule has 1 amide bonds. The van der Waals surface area contributed by atoms with Crippen molar-refractivity contribution in [2.75, 3.05) is 0 Å². The smallest absolute Gasteiger partial charge is 0.408 e. The van der Waals surface area contributed by atoms with Crippen molar-refractivity contribution in [3.05, 3.63) is 21.9 Å². The summed E-state index contributed by atoms with van der Waals surface area (Å²) in [5.41, 5.74) is 0.327. The van der Waals surface area contributed by atoms with Gasteiger partial charge in [0, 0.05) is 11.3 Å². The van der Waals surface area contributed by atoms with Crippen LogP contribution in [0, 0.1) is 0 Å². The van der Waals surface area contributed by atoms with Crippen LogP contribution in [-0.2, 0) is 22.4 Å². The molecule has 0 aromatic carbocycles. The summed E-state index contributed by atoms with van der Waals surface area (Å²) in [7, 11) is 0. The van der Waals surface area contributed by atoms with Gasteiger partial charge in [0.1, 0.15) is 11.6 Å². The zero-order chi connectivity index (χ0) is 16.0. The minimum atomic E-state index is -1.06. The van der Waals surface area contributed by atoms with E-state index in [0.717, 1.165) is 18.4 Å². The molecule has 0 aliphatic rings. The Balaban J connectivity index is 2.72. The highest BCUT2D eigenvalue weighted by Crippen LogP contribution is 2.20. The molecular weight excluding hydrogens is 290 g/mol. The first-order valence-corrected chi connectivity index (χ1v) is 7.88. The molecule has 0 fully saturated rings. The number of nitrogens with one attached hydrogen (secondary N) is 1. The monoisotopic (exact) mass is 313 g/mol. The molecule has 2 N–H and O–H groups in total. The Bertz CT molecular complexity index is 490. The lowest BCUT2D eigenvalue weighted by molar-refractivity contribution is -0.139. The maximum absolute atomic E-state index is 11.7. The van der Waals surface area contributed by atoms with Crippen LogP contribution in [0.2, 0.25) is 0 Å². The van der Waals surface area contributed by atoms with Crippen LogP contribution in [0.5, 0.6) is 0 Å². The van der Waals surface area contributed by atoms with E-state index < -0.39 is 23.7 Å². The molecule has 0 bridgehead atoms. The Morgan fingerprint density at radius 2 is 2.10 bits per heavy atom. The van der Waals surface area contributed by atoms with Crippen molar-refractivity contribution in [2.45, 2.75) is 58.6 Å². The number of carbonyl (C=O) groups is 2. The Morgan fingerprint density at radius 3 is 2.62 bits per heavy atom. The summed E-state index contributed by atoms with van der Waals surface area (Å²) in [5, 5.41) is 13.6. The number of carbonyl (C=O) groups excluding carboxylic acids is 1. The Hall–Kier alpha value is -1.56. The fraction of sp³-hybridized carbons (Fsp3) is 0.600. The number of amides is 1. The van der Waals surface area contributed by atoms with E-state index in [0.29, 0.717) is 0 Å². The molecule has 1 aromatic rings. The van der Waals surface area contributed by atoms with Gasteiger partial charge in [0.15, 0.2) is 0 Å². The molecule has 0 saturated carbocycles. The van der Waals surface area contributed by atoms with Crippen LogP contribution in [0.3, 0.4) is 0 Å². The van der Waals surface area contributed by atoms with Crippen molar-refractivity contribution in [1.29, 1.82) is 0 Å². The lowest BCUT2D eigenvalue weighted by Crippen LogP contribution is -2.44. The minimum Gasteiger partial charge on any atom is -0.480 e. The number of carboxylic acids is 1. The van der Waals surface area contributed by atoms with E-state index in [-0.39, 0.29) is 6.42 Å². The molecule has 5 nitrogen and oxygen atoms in total. The van der Waals surface area contributed by atoms with Crippen LogP contribution in [0.4, 0.5) is 4.79 Å². The van der Waals surface area contributed by atoms with E-state index >= 15 is 0 Å². The second kappa shape index (κ2) is 7.45. The third-order valence-corrected chi connectivity index (χ3v) is 3.75. The highest BCUT2D eigenvalue weighted by Gasteiger charge is 2.25. The van der Waals surface area contributed by atoms with Gasteiger partial charge in [-0.1, -0.05) is 13.3 Å². The van der Waals surface area contributed by atoms with Gasteiger partial charge in [-0.05, 0) is 44.2 Å². The summed E-state index contributed by atoms with van der Waals surface area (Å²) < 4.78 is 5.10. The summed E-state index contributed by atoms with van der Waals surface area (Å²) in [6.07, 6.45) is 1.49. The van der Waals surface area contributed by atoms with Gasteiger partial charge in [-0.25, -0.2) is 9.59 Å². The summed E-state index contributed by atoms with van der Waals surface area (Å²) in [6, 6.07) is 0.938. The van der Waals surface area contributed by atoms with Gasteiger partial charge in [-0.3, -0.25) is 0 Å². The maximum atomic E-state index is 11.7. The minimum absolute atomic E-state index is 0.271. The first-order chi connectivity index (χ1) is 9.73. The molecule has 6 heteroatoms. The topological polar surface area (TPSA) is 75.6 Å². The Kier molecular flexibility index (Phi) is 6.20. The number of hydrogen-bond acceptors (Lipinski definition) is 4. The van der Waals surface area contributed by atoms with Crippen molar-refractivity contribution in [1.82, 2.24) is 5.32 Å². The zero-order valence-corrected chi connectivity index (χ0v) is 13.8. The lowest BCUT2D eigenvalue weighted by Gasteiger charge is -2.22. The standard InChI is InChI=1S/C15H23NO4S/c1-5-6-12-10(7-8-21-12)9-11(13(17)18)16-14(19)20-15(2,3)4/h7-8,11H,5-6,9H2,1-4H3,(H,16,19)(H,17,18). The number of rotatable bonds is 6. The van der Waals surface area contributed by atoms with Gasteiger partial charge in [0.2, 0.25) is 0 Å². The van der Waals surface area contributed by atoms with Crippen molar-refractivity contribution in [2.24, 2.45) is 0 Å². The van der Waals surface area contributed by atoms with Gasteiger partial charge in [0.25, 0.3) is 0 Å². The van der Waals surface area contributed by atoms with Crippen LogP contribution in [0.15, 0.2) is 11.4 Å². The lowest BCUT2D eigenvalue weighted by atomic mass is 10.1. The number of aryl methyl sites for hydroxylation is 1. The third kappa shape index (κ3) is 6.16. The number of carboxylic acid groups (broad SMARTS) is 1. The number of thiophene rings is 1. The van der Waals surface area contributed by atoms with Crippen LogP contribution in [0.25, 0.3) is 0 Å². The van der Waals surface area contributed by atoms with Gasteiger partial charge < -0.3 is 15.2 Å². The molecule has 0 spiro atoms. The summed E-state index contributed by atoms with van der Waals surface area (Å²) in [6.45, 7) is 7.29. The number of hydrogen-bond donors (Lipinski definition) is 2. The molecular formula is C15H23NO4S. The zero-order valence-electron chi connectivity index (χ0n) is 12.9. The Morgan fingerprint density at radius 1 is 1.43 bits per heavy atom. The van der Waals surface area contributed by atoms with Gasteiger partial charge in [-0.2, -0.15) is 0 Å². The van der Waals surface area contributed by atoms with Crippen molar-refractivity contribution in [3.8, 4) is 0 Å². The van der Waals surface area contributed by atoms with E-state index in [1.807, 2.05) is 11.4 Å². The third-order valence-electron chi connectivity index (χ3n) is 2.73. The molecule has 1 atom stereocenters. The number of aliphatic carboxylic acids is 1. The quantitative estimate of drug-likeness (QED) is 0.845. The fourth-order valence-electron chi connectivity index (χ4n) is 1.87. The normalized spacial score (nSPS) is 12.8. The predicted molar refractivity (Wildman–Crippen MR) is 82.8 cm³/mol. The van der Waals surface area contributed by atoms with Gasteiger partial charge >= 0.3 is 12.1 Å². The molecule has 0 aliphatic heterocycles. The number of alkyl carbamates (subject to hydrolysis) is 1. The van der Waals surface area contributed by atoms with Crippen LogP contribution < -0.4 is 5.32 Å². The van der Waals surface area contributed by atoms with Crippen molar-refractivity contribution < 1.29 is 19.4 Å². The average molecular weight is 313 g/mol. The van der Waals surface area contributed by atoms with Crippen LogP contribution in [0.1, 0.15) is 44.6 Å². The second-order valence-electron chi connectivity index (χ2n) is 5.86. The average Bonchev–Trinajstić information content (AvgIpc) is 2.73. The maximum Gasteiger partial charge on any atom is 0.408 e. The molecule has 0 radical (unpaired) electrons. The molecule has 1 heterocycles. The second-order valence-corrected chi connectivity index (χ2v) is 6.86. The summed E-state index contributed by atoms with van der Waals surface area (Å²) in [5.74, 6) is -1.06. The molecule has 0 saturated heterocycles. The van der Waals surface area contributed by atoms with Crippen LogP contribution >= 0.6 is 11.3 Å². The van der Waals surface area contributed by atoms with Gasteiger partial charge in [-0.15, -0.1) is 11.3 Å². The first-order valence-electron chi connectivity index (χ1n) is 7.00. The van der Waals surface area contributed by atoms with Crippen molar-refractivity contribution >= 4 is 23.4 Å². The predicted octanol–water partition coefficient (Wildman–Crippen LogP) is 3.22. The first kappa shape index (κ1) is 17.5. The highest BCUT2D eigenvalue weighted by molar-refractivity contribution is 7.10. The molecule has 118 valence electrons. The van der Waals surface area contributed by atoms with Gasteiger partial charge in [0.05, 0.1) is 0 Å². The largest absolute Gasteiger partial charge is 0.480 e. The van der Waals surface area contributed by atoms with E-state index in [9.17, 15) is 14.7 Å². The van der Waals surface area contributed by atoms with E-state index in [1.54, 1.807) is 32.1 Å². The summed E-state index contributed by atoms with van der Waals surface area (Å²) >= 11 is 1.62. The molecule has 1 rings (SSSR count). The van der Waals surface area contributed by atoms with Crippen LogP contribution in [-0.4, -0.2) is 28.8 Å². The molecule has 1 aromatic heterocycles. The fourth-order valence-corrected chi connectivity index (χ4v) is 2.89. The highest BCUT2D eigenvalue weighted by atomic mass is 32.1. The number of ether oxygens (including phenoxy) is 1. The van der Waals surface area contributed by atoms with Crippen molar-refractivity contribution in [3.63, 3.8) is 0 Å². The Labute approximate surface area is 129 Å². The molecule has 1 unspecified atom stereocenters. The van der Waals surface area contributed by atoms with E-state index in [4.69, 9.17) is 4.74 Å². The summed E-state index contributed by atoms with van der Waals surface area (Å²) in [4.78, 5) is 24.2. The molecule has 21 heavy (non-hydrogen) atoms.